The molecule has 3 heteroatoms. The summed E-state index contributed by atoms with van der Waals surface area (Å²) < 4.78 is 24.6. The Morgan fingerprint density at radius 2 is 1.54 bits per heavy atom. The first-order chi connectivity index (χ1) is 6.18. The van der Waals surface area contributed by atoms with Gasteiger partial charge in [-0.1, -0.05) is 0 Å². The number of nitrogens with one attached hydrogen (secondary N) is 1. The number of hydrogen-bond donors (Lipinski definition) is 1. The van der Waals surface area contributed by atoms with Crippen molar-refractivity contribution in [2.75, 3.05) is 0 Å². The summed E-state index contributed by atoms with van der Waals surface area (Å²) in [5, 5.41) is 3.09. The molecule has 0 aromatic heterocycles. The molecule has 0 aromatic rings. The first-order valence-corrected chi connectivity index (χ1v) is 5.22. The van der Waals surface area contributed by atoms with Crippen LogP contribution < -0.4 is 5.32 Å². The van der Waals surface area contributed by atoms with E-state index < -0.39 is 12.5 Å². The minimum absolute atomic E-state index is 0.393. The first-order valence-electron chi connectivity index (χ1n) is 5.22. The summed E-state index contributed by atoms with van der Waals surface area (Å²) >= 11 is 0. The Labute approximate surface area is 77.9 Å². The molecule has 2 aliphatic rings. The van der Waals surface area contributed by atoms with Crippen LogP contribution in [-0.2, 0) is 0 Å². The van der Waals surface area contributed by atoms with E-state index in [1.807, 2.05) is 0 Å². The molecule has 2 saturated carbocycles. The topological polar surface area (TPSA) is 12.0 Å². The lowest BCUT2D eigenvalue weighted by atomic mass is 10.1. The van der Waals surface area contributed by atoms with Crippen LogP contribution in [0.25, 0.3) is 0 Å². The van der Waals surface area contributed by atoms with Crippen LogP contribution in [0.3, 0.4) is 0 Å². The molecule has 2 rings (SSSR count). The minimum atomic E-state index is -2.22. The lowest BCUT2D eigenvalue weighted by molar-refractivity contribution is 0.0960. The van der Waals surface area contributed by atoms with E-state index in [9.17, 15) is 8.78 Å². The van der Waals surface area contributed by atoms with Crippen molar-refractivity contribution in [3.63, 3.8) is 0 Å². The molecule has 2 aliphatic carbocycles. The molecule has 0 radical (unpaired) electrons. The summed E-state index contributed by atoms with van der Waals surface area (Å²) in [5.74, 6) is 1.40. The highest BCUT2D eigenvalue weighted by molar-refractivity contribution is 4.97. The van der Waals surface area contributed by atoms with Gasteiger partial charge < -0.3 is 5.32 Å². The largest absolute Gasteiger partial charge is 0.306 e. The van der Waals surface area contributed by atoms with Crippen molar-refractivity contribution in [2.45, 2.75) is 51.1 Å². The van der Waals surface area contributed by atoms with Crippen LogP contribution in [0, 0.1) is 11.8 Å². The molecular formula is C10H17F2N. The Morgan fingerprint density at radius 1 is 1.08 bits per heavy atom. The number of alkyl halides is 2. The average molecular weight is 189 g/mol. The maximum Gasteiger partial charge on any atom is 0.253 e. The second-order valence-corrected chi connectivity index (χ2v) is 4.49. The standard InChI is InChI=1S/C10H17F2N/c1-6(10(11)12)13-9(7-2-3-7)8-4-5-8/h6-10,13H,2-5H2,1H3. The third kappa shape index (κ3) is 2.39. The summed E-state index contributed by atoms with van der Waals surface area (Å²) in [6, 6.07) is -0.241. The van der Waals surface area contributed by atoms with Crippen molar-refractivity contribution in [3.8, 4) is 0 Å². The molecule has 0 amide bonds. The molecule has 0 spiro atoms. The Hall–Kier alpha value is -0.180. The van der Waals surface area contributed by atoms with Gasteiger partial charge in [0.05, 0.1) is 6.04 Å². The zero-order valence-corrected chi connectivity index (χ0v) is 7.97. The van der Waals surface area contributed by atoms with Gasteiger partial charge in [-0.3, -0.25) is 0 Å². The molecule has 1 unspecified atom stereocenters. The van der Waals surface area contributed by atoms with Gasteiger partial charge in [-0.15, -0.1) is 0 Å². The van der Waals surface area contributed by atoms with E-state index in [-0.39, 0.29) is 0 Å². The quantitative estimate of drug-likeness (QED) is 0.700. The Balaban J connectivity index is 1.81. The second kappa shape index (κ2) is 3.52. The average Bonchev–Trinajstić information content (AvgIpc) is 2.90. The predicted octanol–water partition coefficient (Wildman–Crippen LogP) is 2.42. The zero-order chi connectivity index (χ0) is 9.42. The monoisotopic (exact) mass is 189 g/mol. The maximum absolute atomic E-state index is 12.3. The molecule has 13 heavy (non-hydrogen) atoms. The fraction of sp³-hybridized carbons (Fsp3) is 1.00. The first kappa shape index (κ1) is 9.38. The summed E-state index contributed by atoms with van der Waals surface area (Å²) in [4.78, 5) is 0. The third-order valence-corrected chi connectivity index (χ3v) is 3.09. The van der Waals surface area contributed by atoms with Gasteiger partial charge in [-0.2, -0.15) is 0 Å². The van der Waals surface area contributed by atoms with Gasteiger partial charge in [0, 0.05) is 6.04 Å². The van der Waals surface area contributed by atoms with Gasteiger partial charge in [-0.05, 0) is 44.4 Å². The highest BCUT2D eigenvalue weighted by Gasteiger charge is 2.42. The van der Waals surface area contributed by atoms with Crippen molar-refractivity contribution in [3.05, 3.63) is 0 Å². The molecule has 0 aliphatic heterocycles. The van der Waals surface area contributed by atoms with Crippen molar-refractivity contribution in [2.24, 2.45) is 11.8 Å². The van der Waals surface area contributed by atoms with Crippen molar-refractivity contribution in [1.82, 2.24) is 5.32 Å². The van der Waals surface area contributed by atoms with Crippen LogP contribution in [0.4, 0.5) is 8.78 Å². The minimum Gasteiger partial charge on any atom is -0.306 e. The lowest BCUT2D eigenvalue weighted by Gasteiger charge is -2.22. The van der Waals surface area contributed by atoms with Crippen LogP contribution in [0.5, 0.6) is 0 Å². The Morgan fingerprint density at radius 3 is 1.85 bits per heavy atom. The molecule has 0 heterocycles. The van der Waals surface area contributed by atoms with E-state index in [0.717, 1.165) is 0 Å². The lowest BCUT2D eigenvalue weighted by Crippen LogP contribution is -2.43. The maximum atomic E-state index is 12.3. The van der Waals surface area contributed by atoms with Crippen molar-refractivity contribution < 1.29 is 8.78 Å². The SMILES string of the molecule is CC(NC(C1CC1)C1CC1)C(F)F. The van der Waals surface area contributed by atoms with Crippen LogP contribution in [0.2, 0.25) is 0 Å². The molecule has 1 N–H and O–H groups in total. The van der Waals surface area contributed by atoms with Gasteiger partial charge in [0.25, 0.3) is 6.43 Å². The van der Waals surface area contributed by atoms with Crippen LogP contribution in [-0.4, -0.2) is 18.5 Å². The molecule has 1 atom stereocenters. The van der Waals surface area contributed by atoms with Crippen LogP contribution in [0.15, 0.2) is 0 Å². The van der Waals surface area contributed by atoms with Crippen molar-refractivity contribution in [1.29, 1.82) is 0 Å². The van der Waals surface area contributed by atoms with Gasteiger partial charge in [0.2, 0.25) is 0 Å². The van der Waals surface area contributed by atoms with Gasteiger partial charge in [0.1, 0.15) is 0 Å². The summed E-state index contributed by atoms with van der Waals surface area (Å²) in [5.41, 5.74) is 0. The van der Waals surface area contributed by atoms with Gasteiger partial charge >= 0.3 is 0 Å². The predicted molar refractivity (Wildman–Crippen MR) is 47.8 cm³/mol. The van der Waals surface area contributed by atoms with E-state index in [4.69, 9.17) is 0 Å². The van der Waals surface area contributed by atoms with E-state index in [2.05, 4.69) is 5.32 Å². The van der Waals surface area contributed by atoms with E-state index in [1.165, 1.54) is 25.7 Å². The van der Waals surface area contributed by atoms with Crippen molar-refractivity contribution >= 4 is 0 Å². The Bertz CT molecular complexity index is 164. The fourth-order valence-electron chi connectivity index (χ4n) is 1.94. The highest BCUT2D eigenvalue weighted by atomic mass is 19.3. The Kier molecular flexibility index (Phi) is 2.54. The van der Waals surface area contributed by atoms with Crippen LogP contribution in [0.1, 0.15) is 32.6 Å². The number of rotatable bonds is 5. The van der Waals surface area contributed by atoms with E-state index >= 15 is 0 Å². The molecule has 0 bridgehead atoms. The third-order valence-electron chi connectivity index (χ3n) is 3.09. The summed E-state index contributed by atoms with van der Waals surface area (Å²) in [6.45, 7) is 1.59. The molecular weight excluding hydrogens is 172 g/mol. The highest BCUT2D eigenvalue weighted by Crippen LogP contribution is 2.44. The van der Waals surface area contributed by atoms with Gasteiger partial charge in [-0.25, -0.2) is 8.78 Å². The molecule has 2 fully saturated rings. The molecule has 1 nitrogen and oxygen atoms in total. The number of halogens is 2. The molecule has 0 aromatic carbocycles. The molecule has 76 valence electrons. The van der Waals surface area contributed by atoms with E-state index in [1.54, 1.807) is 6.92 Å². The smallest absolute Gasteiger partial charge is 0.253 e. The second-order valence-electron chi connectivity index (χ2n) is 4.49. The van der Waals surface area contributed by atoms with Crippen LogP contribution >= 0.6 is 0 Å². The fourth-order valence-corrected chi connectivity index (χ4v) is 1.94. The summed E-state index contributed by atoms with van der Waals surface area (Å²) in [7, 11) is 0. The zero-order valence-electron chi connectivity index (χ0n) is 7.97. The normalized spacial score (nSPS) is 25.6. The summed E-state index contributed by atoms with van der Waals surface area (Å²) in [6.07, 6.45) is 2.74. The molecule has 0 saturated heterocycles. The van der Waals surface area contributed by atoms with Gasteiger partial charge in [0.15, 0.2) is 0 Å². The van der Waals surface area contributed by atoms with E-state index in [0.29, 0.717) is 17.9 Å². The number of hydrogen-bond acceptors (Lipinski definition) is 1.